The highest BCUT2D eigenvalue weighted by Crippen LogP contribution is 2.23. The van der Waals surface area contributed by atoms with Gasteiger partial charge >= 0.3 is 6.03 Å². The van der Waals surface area contributed by atoms with Gasteiger partial charge in [-0.05, 0) is 38.1 Å². The van der Waals surface area contributed by atoms with Gasteiger partial charge in [0.05, 0.1) is 17.6 Å². The zero-order chi connectivity index (χ0) is 17.0. The maximum atomic E-state index is 13.6. The predicted molar refractivity (Wildman–Crippen MR) is 81.1 cm³/mol. The molecule has 1 heterocycles. The molecule has 2 aromatic rings. The molecule has 0 bridgehead atoms. The molecule has 2 rings (SSSR count). The van der Waals surface area contributed by atoms with E-state index in [0.717, 1.165) is 12.1 Å². The SMILES string of the molecule is CC(C)NC(=O)Nc1ccc(Nc2ccc(F)c(F)c2F)nc1. The molecule has 0 spiro atoms. The Bertz CT molecular complexity index is 705. The summed E-state index contributed by atoms with van der Waals surface area (Å²) in [7, 11) is 0. The van der Waals surface area contributed by atoms with E-state index in [-0.39, 0.29) is 23.6 Å². The number of rotatable bonds is 4. The molecule has 0 atom stereocenters. The van der Waals surface area contributed by atoms with Crippen LogP contribution in [0.1, 0.15) is 13.8 Å². The molecule has 0 aliphatic heterocycles. The van der Waals surface area contributed by atoms with Crippen molar-refractivity contribution >= 4 is 23.2 Å². The lowest BCUT2D eigenvalue weighted by Crippen LogP contribution is -2.34. The summed E-state index contributed by atoms with van der Waals surface area (Å²) >= 11 is 0. The second-order valence-corrected chi connectivity index (χ2v) is 5.03. The van der Waals surface area contributed by atoms with Gasteiger partial charge in [0.15, 0.2) is 17.5 Å². The highest BCUT2D eigenvalue weighted by atomic mass is 19.2. The van der Waals surface area contributed by atoms with Crippen LogP contribution in [0.5, 0.6) is 0 Å². The van der Waals surface area contributed by atoms with Gasteiger partial charge in [-0.3, -0.25) is 0 Å². The minimum absolute atomic E-state index is 0.0137. The van der Waals surface area contributed by atoms with Crippen LogP contribution >= 0.6 is 0 Å². The number of hydrogen-bond donors (Lipinski definition) is 3. The number of amides is 2. The van der Waals surface area contributed by atoms with E-state index >= 15 is 0 Å². The Kier molecular flexibility index (Phi) is 5.05. The van der Waals surface area contributed by atoms with E-state index in [9.17, 15) is 18.0 Å². The third-order valence-electron chi connectivity index (χ3n) is 2.74. The first-order valence-electron chi connectivity index (χ1n) is 6.81. The smallest absolute Gasteiger partial charge is 0.319 e. The first-order valence-corrected chi connectivity index (χ1v) is 6.81. The summed E-state index contributed by atoms with van der Waals surface area (Å²) in [6.07, 6.45) is 1.35. The number of aromatic nitrogens is 1. The van der Waals surface area contributed by atoms with Gasteiger partial charge in [-0.1, -0.05) is 0 Å². The molecule has 0 fully saturated rings. The highest BCUT2D eigenvalue weighted by Gasteiger charge is 2.13. The lowest BCUT2D eigenvalue weighted by Gasteiger charge is -2.11. The van der Waals surface area contributed by atoms with Crippen LogP contribution < -0.4 is 16.0 Å². The predicted octanol–water partition coefficient (Wildman–Crippen LogP) is 3.77. The summed E-state index contributed by atoms with van der Waals surface area (Å²) < 4.78 is 39.5. The Morgan fingerprint density at radius 1 is 1.09 bits per heavy atom. The molecule has 0 saturated heterocycles. The Morgan fingerprint density at radius 3 is 2.43 bits per heavy atom. The van der Waals surface area contributed by atoms with Gasteiger partial charge in [0.25, 0.3) is 0 Å². The van der Waals surface area contributed by atoms with Gasteiger partial charge in [0, 0.05) is 6.04 Å². The fourth-order valence-electron chi connectivity index (χ4n) is 1.73. The Labute approximate surface area is 130 Å². The molecule has 2 amide bonds. The van der Waals surface area contributed by atoms with Crippen molar-refractivity contribution in [3.63, 3.8) is 0 Å². The van der Waals surface area contributed by atoms with E-state index in [1.807, 2.05) is 13.8 Å². The molecule has 1 aromatic heterocycles. The summed E-state index contributed by atoms with van der Waals surface area (Å²) in [5.74, 6) is -3.94. The summed E-state index contributed by atoms with van der Waals surface area (Å²) in [6, 6.07) is 4.48. The molecule has 0 unspecified atom stereocenters. The maximum Gasteiger partial charge on any atom is 0.319 e. The zero-order valence-corrected chi connectivity index (χ0v) is 12.5. The summed E-state index contributed by atoms with van der Waals surface area (Å²) in [5, 5.41) is 7.74. The molecule has 122 valence electrons. The van der Waals surface area contributed by atoms with Crippen molar-refractivity contribution in [3.8, 4) is 0 Å². The number of pyridine rings is 1. The quantitative estimate of drug-likeness (QED) is 0.750. The molecule has 3 N–H and O–H groups in total. The van der Waals surface area contributed by atoms with Crippen LogP contribution in [0.3, 0.4) is 0 Å². The molecule has 1 aromatic carbocycles. The van der Waals surface area contributed by atoms with Crippen LogP contribution in [-0.4, -0.2) is 17.1 Å². The van der Waals surface area contributed by atoms with Crippen molar-refractivity contribution in [1.29, 1.82) is 0 Å². The van der Waals surface area contributed by atoms with E-state index in [1.165, 1.54) is 18.3 Å². The van der Waals surface area contributed by atoms with Gasteiger partial charge in [0.2, 0.25) is 0 Å². The standard InChI is InChI=1S/C15H15F3N4O/c1-8(2)20-15(23)21-9-3-6-12(19-7-9)22-11-5-4-10(16)13(17)14(11)18/h3-8H,1-2H3,(H,19,22)(H2,20,21,23). The van der Waals surface area contributed by atoms with Crippen LogP contribution in [0.4, 0.5) is 35.2 Å². The first-order chi connectivity index (χ1) is 10.9. The fraction of sp³-hybridized carbons (Fsp3) is 0.200. The van der Waals surface area contributed by atoms with Crippen molar-refractivity contribution in [2.45, 2.75) is 19.9 Å². The number of benzene rings is 1. The van der Waals surface area contributed by atoms with Crippen molar-refractivity contribution in [3.05, 3.63) is 47.9 Å². The number of urea groups is 1. The lowest BCUT2D eigenvalue weighted by molar-refractivity contribution is 0.250. The second-order valence-electron chi connectivity index (χ2n) is 5.03. The third kappa shape index (κ3) is 4.35. The first kappa shape index (κ1) is 16.6. The molecule has 0 aliphatic carbocycles. The second kappa shape index (κ2) is 6.99. The number of nitrogens with one attached hydrogen (secondary N) is 3. The normalized spacial score (nSPS) is 10.5. The highest BCUT2D eigenvalue weighted by molar-refractivity contribution is 5.89. The minimum atomic E-state index is -1.56. The van der Waals surface area contributed by atoms with Crippen LogP contribution in [0.25, 0.3) is 0 Å². The van der Waals surface area contributed by atoms with E-state index in [2.05, 4.69) is 20.9 Å². The van der Waals surface area contributed by atoms with Crippen molar-refractivity contribution in [1.82, 2.24) is 10.3 Å². The average molecular weight is 324 g/mol. The van der Waals surface area contributed by atoms with Gasteiger partial charge in [-0.25, -0.2) is 22.9 Å². The monoisotopic (exact) mass is 324 g/mol. The lowest BCUT2D eigenvalue weighted by atomic mass is 10.2. The van der Waals surface area contributed by atoms with E-state index in [1.54, 1.807) is 0 Å². The molecule has 0 radical (unpaired) electrons. The summed E-state index contributed by atoms with van der Waals surface area (Å²) in [5.41, 5.74) is 0.189. The molecule has 8 heteroatoms. The number of halogens is 3. The number of carbonyl (C=O) groups is 1. The van der Waals surface area contributed by atoms with Crippen LogP contribution in [0.15, 0.2) is 30.5 Å². The van der Waals surface area contributed by atoms with E-state index in [4.69, 9.17) is 0 Å². The number of carbonyl (C=O) groups excluding carboxylic acids is 1. The molecular formula is C15H15F3N4O. The van der Waals surface area contributed by atoms with Gasteiger partial charge in [-0.15, -0.1) is 0 Å². The Balaban J connectivity index is 2.06. The molecule has 0 aliphatic rings. The number of anilines is 3. The van der Waals surface area contributed by atoms with Gasteiger partial charge in [-0.2, -0.15) is 0 Å². The van der Waals surface area contributed by atoms with Crippen molar-refractivity contribution in [2.24, 2.45) is 0 Å². The van der Waals surface area contributed by atoms with Gasteiger partial charge < -0.3 is 16.0 Å². The maximum absolute atomic E-state index is 13.6. The van der Waals surface area contributed by atoms with Crippen molar-refractivity contribution in [2.75, 3.05) is 10.6 Å². The topological polar surface area (TPSA) is 66.1 Å². The summed E-state index contributed by atoms with van der Waals surface area (Å²) in [6.45, 7) is 3.64. The molecule has 5 nitrogen and oxygen atoms in total. The van der Waals surface area contributed by atoms with E-state index < -0.39 is 17.5 Å². The van der Waals surface area contributed by atoms with Crippen LogP contribution in [-0.2, 0) is 0 Å². The fourth-order valence-corrected chi connectivity index (χ4v) is 1.73. The van der Waals surface area contributed by atoms with Crippen LogP contribution in [0.2, 0.25) is 0 Å². The summed E-state index contributed by atoms with van der Waals surface area (Å²) in [4.78, 5) is 15.5. The van der Waals surface area contributed by atoms with E-state index in [0.29, 0.717) is 5.69 Å². The minimum Gasteiger partial charge on any atom is -0.338 e. The number of hydrogen-bond acceptors (Lipinski definition) is 3. The largest absolute Gasteiger partial charge is 0.338 e. The van der Waals surface area contributed by atoms with Crippen molar-refractivity contribution < 1.29 is 18.0 Å². The number of nitrogens with zero attached hydrogens (tertiary/aromatic N) is 1. The zero-order valence-electron chi connectivity index (χ0n) is 12.5. The molecular weight excluding hydrogens is 309 g/mol. The Morgan fingerprint density at radius 2 is 1.83 bits per heavy atom. The van der Waals surface area contributed by atoms with Gasteiger partial charge in [0.1, 0.15) is 5.82 Å². The third-order valence-corrected chi connectivity index (χ3v) is 2.74. The van der Waals surface area contributed by atoms with Crippen LogP contribution in [0, 0.1) is 17.5 Å². The molecule has 0 saturated carbocycles. The Hall–Kier alpha value is -2.77. The average Bonchev–Trinajstić information content (AvgIpc) is 2.49. The molecule has 23 heavy (non-hydrogen) atoms.